The molecule has 1 heterocycles. The van der Waals surface area contributed by atoms with Gasteiger partial charge in [0.25, 0.3) is 0 Å². The van der Waals surface area contributed by atoms with Crippen LogP contribution in [0.5, 0.6) is 0 Å². The van der Waals surface area contributed by atoms with Crippen LogP contribution in [-0.4, -0.2) is 31.6 Å². The minimum Gasteiger partial charge on any atom is -0.289 e. The molecule has 0 spiro atoms. The molecule has 3 rings (SSSR count). The number of allylic oxidation sites excluding steroid dienone is 1. The lowest BCUT2D eigenvalue weighted by Crippen LogP contribution is -2.27. The second kappa shape index (κ2) is 7.89. The van der Waals surface area contributed by atoms with Crippen LogP contribution in [0.2, 0.25) is 0 Å². The van der Waals surface area contributed by atoms with Crippen molar-refractivity contribution < 1.29 is 26.4 Å². The fourth-order valence-electron chi connectivity index (χ4n) is 3.03. The van der Waals surface area contributed by atoms with E-state index >= 15 is 0 Å². The molecule has 2 aromatic rings. The number of hydrogen-bond donors (Lipinski definition) is 0. The number of nitrogens with zero attached hydrogens (tertiary/aromatic N) is 1. The average Bonchev–Trinajstić information content (AvgIpc) is 3.21. The Hall–Kier alpha value is -2.45. The van der Waals surface area contributed by atoms with E-state index in [0.717, 1.165) is 31.1 Å². The molecule has 1 aliphatic heterocycles. The predicted molar refractivity (Wildman–Crippen MR) is 99.2 cm³/mol. The van der Waals surface area contributed by atoms with E-state index < -0.39 is 27.5 Å². The van der Waals surface area contributed by atoms with Crippen LogP contribution < -0.4 is 0 Å². The van der Waals surface area contributed by atoms with Gasteiger partial charge < -0.3 is 0 Å². The number of carbonyl (C=O) groups excluding carboxylic acids is 1. The van der Waals surface area contributed by atoms with Crippen molar-refractivity contribution in [2.45, 2.75) is 23.9 Å². The number of benzene rings is 2. The normalized spacial score (nSPS) is 16.0. The van der Waals surface area contributed by atoms with E-state index in [1.165, 1.54) is 46.8 Å². The fourth-order valence-corrected chi connectivity index (χ4v) is 4.55. The van der Waals surface area contributed by atoms with Crippen LogP contribution in [0.25, 0.3) is 6.08 Å². The summed E-state index contributed by atoms with van der Waals surface area (Å²) in [6.07, 6.45) is -0.718. The highest BCUT2D eigenvalue weighted by atomic mass is 32.2. The Bertz CT molecular complexity index is 990. The molecule has 1 aliphatic rings. The van der Waals surface area contributed by atoms with Gasteiger partial charge in [-0.3, -0.25) is 4.79 Å². The zero-order valence-corrected chi connectivity index (χ0v) is 15.6. The minimum absolute atomic E-state index is 0.0948. The first-order valence-corrected chi connectivity index (χ1v) is 10.1. The maximum Gasteiger partial charge on any atom is 0.416 e. The first-order valence-electron chi connectivity index (χ1n) is 8.68. The molecule has 1 fully saturated rings. The molecule has 0 unspecified atom stereocenters. The highest BCUT2D eigenvalue weighted by molar-refractivity contribution is 7.89. The summed E-state index contributed by atoms with van der Waals surface area (Å²) in [6.45, 7) is 0.953. The fraction of sp³-hybridized carbons (Fsp3) is 0.250. The molecular weight excluding hydrogens is 391 g/mol. The van der Waals surface area contributed by atoms with Gasteiger partial charge in [0.1, 0.15) is 0 Å². The van der Waals surface area contributed by atoms with Crippen LogP contribution in [0, 0.1) is 0 Å². The van der Waals surface area contributed by atoms with Crippen LogP contribution in [0.1, 0.15) is 34.3 Å². The summed E-state index contributed by atoms with van der Waals surface area (Å²) < 4.78 is 65.4. The summed E-state index contributed by atoms with van der Waals surface area (Å²) >= 11 is 0. The quantitative estimate of drug-likeness (QED) is 0.544. The first-order chi connectivity index (χ1) is 13.2. The Morgan fingerprint density at radius 2 is 1.57 bits per heavy atom. The molecule has 2 aromatic carbocycles. The van der Waals surface area contributed by atoms with Gasteiger partial charge in [-0.2, -0.15) is 17.5 Å². The molecule has 0 bridgehead atoms. The van der Waals surface area contributed by atoms with Crippen LogP contribution in [0.4, 0.5) is 13.2 Å². The Balaban J connectivity index is 1.78. The largest absolute Gasteiger partial charge is 0.416 e. The Morgan fingerprint density at radius 3 is 2.18 bits per heavy atom. The smallest absolute Gasteiger partial charge is 0.289 e. The van der Waals surface area contributed by atoms with E-state index in [1.54, 1.807) is 0 Å². The summed E-state index contributed by atoms with van der Waals surface area (Å²) in [5.41, 5.74) is -0.746. The van der Waals surface area contributed by atoms with Gasteiger partial charge in [-0.15, -0.1) is 0 Å². The van der Waals surface area contributed by atoms with E-state index in [9.17, 15) is 26.4 Å². The molecule has 1 saturated heterocycles. The van der Waals surface area contributed by atoms with Gasteiger partial charge >= 0.3 is 6.18 Å². The number of rotatable bonds is 5. The van der Waals surface area contributed by atoms with Gasteiger partial charge in [0.05, 0.1) is 10.5 Å². The van der Waals surface area contributed by atoms with Crippen molar-refractivity contribution in [2.24, 2.45) is 0 Å². The van der Waals surface area contributed by atoms with Crippen molar-refractivity contribution in [1.29, 1.82) is 0 Å². The minimum atomic E-state index is -4.52. The standard InChI is InChI=1S/C20H18F3NO3S/c21-20(22,23)18-6-2-1-5-15(18)9-12-19(25)16-7-10-17(11-8-16)28(26,27)24-13-3-4-14-24/h1-2,5-12H,3-4,13-14H2/b12-9+. The molecule has 0 saturated carbocycles. The predicted octanol–water partition coefficient (Wildman–Crippen LogP) is 4.39. The summed E-state index contributed by atoms with van der Waals surface area (Å²) in [5, 5.41) is 0. The van der Waals surface area contributed by atoms with E-state index in [-0.39, 0.29) is 16.0 Å². The third-order valence-electron chi connectivity index (χ3n) is 4.52. The summed E-state index contributed by atoms with van der Waals surface area (Å²) in [5.74, 6) is -0.512. The van der Waals surface area contributed by atoms with E-state index in [1.807, 2.05) is 0 Å². The average molecular weight is 409 g/mol. The van der Waals surface area contributed by atoms with Crippen LogP contribution in [-0.2, 0) is 16.2 Å². The van der Waals surface area contributed by atoms with Gasteiger partial charge in [-0.1, -0.05) is 24.3 Å². The lowest BCUT2D eigenvalue weighted by molar-refractivity contribution is -0.137. The highest BCUT2D eigenvalue weighted by Crippen LogP contribution is 2.32. The number of hydrogen-bond acceptors (Lipinski definition) is 3. The number of alkyl halides is 3. The first kappa shape index (κ1) is 20.3. The molecule has 4 nitrogen and oxygen atoms in total. The van der Waals surface area contributed by atoms with Crippen molar-refractivity contribution in [3.8, 4) is 0 Å². The highest BCUT2D eigenvalue weighted by Gasteiger charge is 2.32. The second-order valence-electron chi connectivity index (χ2n) is 6.42. The van der Waals surface area contributed by atoms with E-state index in [0.29, 0.717) is 13.1 Å². The molecule has 148 valence electrons. The third kappa shape index (κ3) is 4.34. The Labute approximate surface area is 161 Å². The molecule has 0 amide bonds. The zero-order chi connectivity index (χ0) is 20.4. The van der Waals surface area contributed by atoms with Crippen molar-refractivity contribution in [3.63, 3.8) is 0 Å². The summed E-state index contributed by atoms with van der Waals surface area (Å²) in [7, 11) is -3.58. The third-order valence-corrected chi connectivity index (χ3v) is 6.43. The van der Waals surface area contributed by atoms with E-state index in [4.69, 9.17) is 0 Å². The van der Waals surface area contributed by atoms with Crippen molar-refractivity contribution >= 4 is 21.9 Å². The van der Waals surface area contributed by atoms with Gasteiger partial charge in [0.2, 0.25) is 10.0 Å². The number of sulfonamides is 1. The molecule has 0 atom stereocenters. The molecule has 0 N–H and O–H groups in total. The Morgan fingerprint density at radius 1 is 0.964 bits per heavy atom. The zero-order valence-electron chi connectivity index (χ0n) is 14.8. The van der Waals surface area contributed by atoms with E-state index in [2.05, 4.69) is 0 Å². The molecule has 0 aromatic heterocycles. The van der Waals surface area contributed by atoms with Gasteiger partial charge in [-0.25, -0.2) is 8.42 Å². The van der Waals surface area contributed by atoms with Gasteiger partial charge in [0.15, 0.2) is 5.78 Å². The lowest BCUT2D eigenvalue weighted by Gasteiger charge is -2.15. The lowest BCUT2D eigenvalue weighted by atomic mass is 10.0. The Kier molecular flexibility index (Phi) is 5.71. The topological polar surface area (TPSA) is 54.5 Å². The maximum absolute atomic E-state index is 13.0. The van der Waals surface area contributed by atoms with Crippen molar-refractivity contribution in [2.75, 3.05) is 13.1 Å². The van der Waals surface area contributed by atoms with Crippen LogP contribution in [0.15, 0.2) is 59.5 Å². The molecule has 0 aliphatic carbocycles. The summed E-state index contributed by atoms with van der Waals surface area (Å²) in [6, 6.07) is 10.4. The SMILES string of the molecule is O=C(/C=C/c1ccccc1C(F)(F)F)c1ccc(S(=O)(=O)N2CCCC2)cc1. The molecule has 8 heteroatoms. The number of halogens is 3. The summed E-state index contributed by atoms with van der Waals surface area (Å²) in [4.78, 5) is 12.4. The van der Waals surface area contributed by atoms with Gasteiger partial charge in [-0.05, 0) is 54.8 Å². The second-order valence-corrected chi connectivity index (χ2v) is 8.36. The van der Waals surface area contributed by atoms with Crippen molar-refractivity contribution in [1.82, 2.24) is 4.31 Å². The number of carbonyl (C=O) groups is 1. The van der Waals surface area contributed by atoms with Crippen LogP contribution >= 0.6 is 0 Å². The maximum atomic E-state index is 13.0. The van der Waals surface area contributed by atoms with Gasteiger partial charge in [0, 0.05) is 18.7 Å². The molecule has 28 heavy (non-hydrogen) atoms. The number of ketones is 1. The molecular formula is C20H18F3NO3S. The van der Waals surface area contributed by atoms with Crippen LogP contribution in [0.3, 0.4) is 0 Å². The monoisotopic (exact) mass is 409 g/mol. The molecule has 0 radical (unpaired) electrons. The van der Waals surface area contributed by atoms with Crippen molar-refractivity contribution in [3.05, 3.63) is 71.3 Å².